The Morgan fingerprint density at radius 3 is 2.66 bits per heavy atom. The summed E-state index contributed by atoms with van der Waals surface area (Å²) >= 11 is 12.2. The number of hydrogen-bond donors (Lipinski definition) is 2. The number of aromatic nitrogens is 1. The fraction of sp³-hybridized carbons (Fsp3) is 0.185. The van der Waals surface area contributed by atoms with Gasteiger partial charge in [-0.1, -0.05) is 29.8 Å². The van der Waals surface area contributed by atoms with Gasteiger partial charge in [-0.25, -0.2) is 8.42 Å². The lowest BCUT2D eigenvalue weighted by atomic mass is 10.0. The molecule has 0 aliphatic carbocycles. The maximum absolute atomic E-state index is 11.8. The van der Waals surface area contributed by atoms with Gasteiger partial charge in [0, 0.05) is 28.5 Å². The van der Waals surface area contributed by atoms with Gasteiger partial charge in [-0.05, 0) is 67.2 Å². The first-order valence-electron chi connectivity index (χ1n) is 11.7. The van der Waals surface area contributed by atoms with Crippen molar-refractivity contribution in [3.05, 3.63) is 95.0 Å². The number of benzene rings is 2. The Kier molecular flexibility index (Phi) is 7.04. The Morgan fingerprint density at radius 2 is 1.95 bits per heavy atom. The lowest BCUT2D eigenvalue weighted by Gasteiger charge is -2.27. The summed E-state index contributed by atoms with van der Waals surface area (Å²) in [6, 6.07) is 19.7. The van der Waals surface area contributed by atoms with Gasteiger partial charge in [-0.3, -0.25) is 9.71 Å². The summed E-state index contributed by atoms with van der Waals surface area (Å²) in [5.74, 6) is 1.70. The molecule has 11 heteroatoms. The van der Waals surface area contributed by atoms with Crippen molar-refractivity contribution < 1.29 is 17.6 Å². The van der Waals surface area contributed by atoms with E-state index in [9.17, 15) is 8.42 Å². The highest BCUT2D eigenvalue weighted by Gasteiger charge is 2.43. The Hall–Kier alpha value is -3.60. The summed E-state index contributed by atoms with van der Waals surface area (Å²) in [6.45, 7) is 1.95. The summed E-state index contributed by atoms with van der Waals surface area (Å²) < 4.78 is 38.1. The molecule has 196 valence electrons. The van der Waals surface area contributed by atoms with Crippen molar-refractivity contribution in [2.45, 2.75) is 19.0 Å². The lowest BCUT2D eigenvalue weighted by molar-refractivity contribution is 0.416. The zero-order valence-corrected chi connectivity index (χ0v) is 23.2. The standard InChI is InChI=1S/C27H25ClN4O4S2/c1-16-18(7-6-8-19(16)28)22-12-13-23(36-22)26-25(21-9-4-5-14-29-21)30-27(37)32(26)17-10-11-20(24(15-17)35-2)31-38(3,33)34/h4-15,25-26,31H,1-3H3,(H,30,37)/t25-,26-/m0/s1. The molecule has 0 spiro atoms. The molecule has 0 saturated carbocycles. The maximum Gasteiger partial charge on any atom is 0.229 e. The average molecular weight is 569 g/mol. The van der Waals surface area contributed by atoms with Crippen LogP contribution in [0.2, 0.25) is 5.02 Å². The molecule has 1 fully saturated rings. The van der Waals surface area contributed by atoms with Crippen molar-refractivity contribution in [2.24, 2.45) is 0 Å². The molecule has 3 heterocycles. The number of hydrogen-bond acceptors (Lipinski definition) is 6. The number of nitrogens with zero attached hydrogens (tertiary/aromatic N) is 2. The minimum Gasteiger partial charge on any atom is -0.494 e. The zero-order chi connectivity index (χ0) is 27.0. The van der Waals surface area contributed by atoms with Gasteiger partial charge in [-0.2, -0.15) is 0 Å². The van der Waals surface area contributed by atoms with Crippen LogP contribution in [0.3, 0.4) is 0 Å². The second kappa shape index (κ2) is 10.3. The van der Waals surface area contributed by atoms with E-state index in [2.05, 4.69) is 15.0 Å². The number of rotatable bonds is 7. The minimum atomic E-state index is -3.50. The third-order valence-electron chi connectivity index (χ3n) is 6.31. The van der Waals surface area contributed by atoms with Crippen LogP contribution in [0.15, 0.2) is 77.3 Å². The van der Waals surface area contributed by atoms with E-state index in [1.807, 2.05) is 60.4 Å². The van der Waals surface area contributed by atoms with E-state index < -0.39 is 16.1 Å². The van der Waals surface area contributed by atoms with Gasteiger partial charge in [0.2, 0.25) is 10.0 Å². The molecule has 2 aromatic heterocycles. The molecule has 0 amide bonds. The smallest absolute Gasteiger partial charge is 0.229 e. The molecule has 2 N–H and O–H groups in total. The first-order valence-corrected chi connectivity index (χ1v) is 14.4. The number of sulfonamides is 1. The average Bonchev–Trinajstić information content (AvgIpc) is 3.50. The van der Waals surface area contributed by atoms with Crippen molar-refractivity contribution in [3.63, 3.8) is 0 Å². The van der Waals surface area contributed by atoms with Crippen molar-refractivity contribution in [1.82, 2.24) is 10.3 Å². The van der Waals surface area contributed by atoms with Crippen LogP contribution in [0, 0.1) is 6.92 Å². The number of furan rings is 1. The molecular formula is C27H25ClN4O4S2. The molecule has 1 saturated heterocycles. The highest BCUT2D eigenvalue weighted by Crippen LogP contribution is 2.44. The summed E-state index contributed by atoms with van der Waals surface area (Å²) in [7, 11) is -2.02. The highest BCUT2D eigenvalue weighted by atomic mass is 35.5. The molecule has 2 atom stereocenters. The van der Waals surface area contributed by atoms with E-state index in [4.69, 9.17) is 33.0 Å². The monoisotopic (exact) mass is 568 g/mol. The van der Waals surface area contributed by atoms with Gasteiger partial charge in [0.15, 0.2) is 5.11 Å². The normalized spacial score (nSPS) is 17.4. The molecular weight excluding hydrogens is 544 g/mol. The molecule has 0 radical (unpaired) electrons. The predicted molar refractivity (Wildman–Crippen MR) is 153 cm³/mol. The first-order chi connectivity index (χ1) is 18.2. The summed E-state index contributed by atoms with van der Waals surface area (Å²) in [6.07, 6.45) is 2.82. The van der Waals surface area contributed by atoms with Crippen LogP contribution in [-0.4, -0.2) is 31.9 Å². The molecule has 5 rings (SSSR count). The SMILES string of the molecule is COc1cc(N2C(=S)N[C@@H](c3ccccn3)[C@@H]2c2ccc(-c3cccc(Cl)c3C)o2)ccc1NS(C)(=O)=O. The summed E-state index contributed by atoms with van der Waals surface area (Å²) in [5.41, 5.74) is 3.63. The second-order valence-corrected chi connectivity index (χ2v) is 11.4. The fourth-order valence-corrected chi connectivity index (χ4v) is 5.66. The van der Waals surface area contributed by atoms with E-state index >= 15 is 0 Å². The van der Waals surface area contributed by atoms with Crippen LogP contribution >= 0.6 is 23.8 Å². The Balaban J connectivity index is 1.61. The molecule has 0 unspecified atom stereocenters. The Labute approximate surface area is 231 Å². The number of nitrogens with one attached hydrogen (secondary N) is 2. The fourth-order valence-electron chi connectivity index (χ4n) is 4.57. The van der Waals surface area contributed by atoms with E-state index in [0.717, 1.165) is 23.1 Å². The molecule has 1 aliphatic heterocycles. The van der Waals surface area contributed by atoms with Crippen molar-refractivity contribution in [1.29, 1.82) is 0 Å². The van der Waals surface area contributed by atoms with E-state index in [-0.39, 0.29) is 6.04 Å². The van der Waals surface area contributed by atoms with Crippen LogP contribution in [0.25, 0.3) is 11.3 Å². The van der Waals surface area contributed by atoms with Gasteiger partial charge in [0.25, 0.3) is 0 Å². The van der Waals surface area contributed by atoms with E-state index in [0.29, 0.717) is 38.8 Å². The number of pyridine rings is 1. The van der Waals surface area contributed by atoms with Crippen molar-refractivity contribution >= 4 is 50.3 Å². The topological polar surface area (TPSA) is 96.7 Å². The van der Waals surface area contributed by atoms with Crippen molar-refractivity contribution in [3.8, 4) is 17.1 Å². The Bertz CT molecular complexity index is 1610. The van der Waals surface area contributed by atoms with Crippen LogP contribution in [-0.2, 0) is 10.0 Å². The highest BCUT2D eigenvalue weighted by molar-refractivity contribution is 7.92. The van der Waals surface area contributed by atoms with E-state index in [1.54, 1.807) is 24.4 Å². The van der Waals surface area contributed by atoms with Crippen molar-refractivity contribution in [2.75, 3.05) is 23.0 Å². The predicted octanol–water partition coefficient (Wildman–Crippen LogP) is 5.86. The second-order valence-electron chi connectivity index (χ2n) is 8.87. The molecule has 0 bridgehead atoms. The third kappa shape index (κ3) is 5.07. The molecule has 2 aromatic carbocycles. The number of anilines is 2. The van der Waals surface area contributed by atoms with Crippen LogP contribution in [0.4, 0.5) is 11.4 Å². The lowest BCUT2D eigenvalue weighted by Crippen LogP contribution is -2.29. The van der Waals surface area contributed by atoms with Gasteiger partial charge in [0.05, 0.1) is 30.8 Å². The van der Waals surface area contributed by atoms with Gasteiger partial charge < -0.3 is 19.4 Å². The number of thiocarbonyl (C=S) groups is 1. The van der Waals surface area contributed by atoms with Gasteiger partial charge in [0.1, 0.15) is 23.3 Å². The van der Waals surface area contributed by atoms with Gasteiger partial charge >= 0.3 is 0 Å². The van der Waals surface area contributed by atoms with E-state index in [1.165, 1.54) is 7.11 Å². The minimum absolute atomic E-state index is 0.317. The number of methoxy groups -OCH3 is 1. The first kappa shape index (κ1) is 26.0. The van der Waals surface area contributed by atoms with Crippen LogP contribution in [0.5, 0.6) is 5.75 Å². The van der Waals surface area contributed by atoms with Gasteiger partial charge in [-0.15, -0.1) is 0 Å². The Morgan fingerprint density at radius 1 is 1.13 bits per heavy atom. The molecule has 38 heavy (non-hydrogen) atoms. The maximum atomic E-state index is 11.8. The molecule has 4 aromatic rings. The largest absolute Gasteiger partial charge is 0.494 e. The van der Waals surface area contributed by atoms with Crippen LogP contribution < -0.4 is 19.7 Å². The zero-order valence-electron chi connectivity index (χ0n) is 20.8. The third-order valence-corrected chi connectivity index (χ3v) is 7.62. The van der Waals surface area contributed by atoms with Crippen LogP contribution in [0.1, 0.15) is 29.1 Å². The summed E-state index contributed by atoms with van der Waals surface area (Å²) in [5, 5.41) is 4.51. The molecule has 1 aliphatic rings. The number of halogens is 1. The number of ether oxygens (including phenoxy) is 1. The molecule has 8 nitrogen and oxygen atoms in total. The quantitative estimate of drug-likeness (QED) is 0.268. The summed E-state index contributed by atoms with van der Waals surface area (Å²) in [4.78, 5) is 6.49.